The van der Waals surface area contributed by atoms with Crippen molar-refractivity contribution in [1.82, 2.24) is 15.2 Å². The number of nitrogens with one attached hydrogen (secondary N) is 1. The standard InChI is InChI=1S/C19H27F3N4O3.HI/c1-2-23-18(26-8-11-28-16(13-26)15-4-3-9-27-15)24-7-10-29-17-6-5-14(12-25-17)19(20,21)22;/h5-6,12,15-16H,2-4,7-11,13H2,1H3,(H,23,24);1H. The second-order valence-electron chi connectivity index (χ2n) is 6.87. The Morgan fingerprint density at radius 1 is 1.30 bits per heavy atom. The van der Waals surface area contributed by atoms with Crippen molar-refractivity contribution >= 4 is 29.9 Å². The van der Waals surface area contributed by atoms with Crippen LogP contribution in [0.5, 0.6) is 5.88 Å². The summed E-state index contributed by atoms with van der Waals surface area (Å²) in [5, 5.41) is 3.27. The van der Waals surface area contributed by atoms with Crippen molar-refractivity contribution in [2.75, 3.05) is 46.0 Å². The molecule has 2 aliphatic heterocycles. The summed E-state index contributed by atoms with van der Waals surface area (Å²) < 4.78 is 54.7. The number of morpholine rings is 1. The lowest BCUT2D eigenvalue weighted by molar-refractivity contribution is -0.137. The average molecular weight is 544 g/mol. The SMILES string of the molecule is CCNC(=NCCOc1ccc(C(F)(F)F)cn1)N1CCOC(C2CCCO2)C1.I. The third-order valence-corrected chi connectivity index (χ3v) is 4.77. The Bertz CT molecular complexity index is 670. The van der Waals surface area contributed by atoms with Crippen LogP contribution in [-0.2, 0) is 15.7 Å². The molecule has 0 amide bonds. The number of rotatable bonds is 6. The number of aromatic nitrogens is 1. The van der Waals surface area contributed by atoms with Crippen LogP contribution in [0.25, 0.3) is 0 Å². The van der Waals surface area contributed by atoms with E-state index in [1.807, 2.05) is 6.92 Å². The van der Waals surface area contributed by atoms with E-state index in [4.69, 9.17) is 14.2 Å². The van der Waals surface area contributed by atoms with Gasteiger partial charge in [0, 0.05) is 38.5 Å². The molecular weight excluding hydrogens is 516 g/mol. The number of nitrogens with zero attached hydrogens (tertiary/aromatic N) is 3. The Morgan fingerprint density at radius 2 is 2.10 bits per heavy atom. The normalized spacial score (nSPS) is 22.5. The summed E-state index contributed by atoms with van der Waals surface area (Å²) in [6.07, 6.45) is -1.40. The highest BCUT2D eigenvalue weighted by Gasteiger charge is 2.32. The van der Waals surface area contributed by atoms with Crippen molar-refractivity contribution in [3.05, 3.63) is 23.9 Å². The molecule has 0 saturated carbocycles. The molecule has 1 aromatic rings. The highest BCUT2D eigenvalue weighted by atomic mass is 127. The molecule has 3 heterocycles. The molecule has 1 N–H and O–H groups in total. The quantitative estimate of drug-likeness (QED) is 0.257. The first-order valence-corrected chi connectivity index (χ1v) is 9.90. The molecular formula is C19H28F3IN4O3. The molecule has 1 aromatic heterocycles. The third kappa shape index (κ3) is 7.12. The molecule has 7 nitrogen and oxygen atoms in total. The first-order valence-electron chi connectivity index (χ1n) is 9.90. The Morgan fingerprint density at radius 3 is 2.73 bits per heavy atom. The van der Waals surface area contributed by atoms with Gasteiger partial charge < -0.3 is 24.4 Å². The molecule has 0 spiro atoms. The molecule has 2 atom stereocenters. The largest absolute Gasteiger partial charge is 0.476 e. The lowest BCUT2D eigenvalue weighted by Gasteiger charge is -2.37. The third-order valence-electron chi connectivity index (χ3n) is 4.77. The molecule has 170 valence electrons. The van der Waals surface area contributed by atoms with Gasteiger partial charge in [-0.15, -0.1) is 24.0 Å². The van der Waals surface area contributed by atoms with Crippen LogP contribution in [0.4, 0.5) is 13.2 Å². The summed E-state index contributed by atoms with van der Waals surface area (Å²) in [5.74, 6) is 0.908. The van der Waals surface area contributed by atoms with Gasteiger partial charge in [-0.25, -0.2) is 9.98 Å². The summed E-state index contributed by atoms with van der Waals surface area (Å²) in [7, 11) is 0. The minimum absolute atomic E-state index is 0. The number of halogens is 4. The number of alkyl halides is 3. The monoisotopic (exact) mass is 544 g/mol. The Balaban J connectivity index is 0.00000320. The Labute approximate surface area is 191 Å². The van der Waals surface area contributed by atoms with Gasteiger partial charge >= 0.3 is 6.18 Å². The van der Waals surface area contributed by atoms with E-state index in [2.05, 4.69) is 20.2 Å². The van der Waals surface area contributed by atoms with Crippen LogP contribution in [0.2, 0.25) is 0 Å². The fourth-order valence-electron chi connectivity index (χ4n) is 3.35. The maximum Gasteiger partial charge on any atom is 0.417 e. The fourth-order valence-corrected chi connectivity index (χ4v) is 3.35. The van der Waals surface area contributed by atoms with Crippen molar-refractivity contribution in [1.29, 1.82) is 0 Å². The van der Waals surface area contributed by atoms with Gasteiger partial charge in [0.2, 0.25) is 5.88 Å². The molecule has 2 fully saturated rings. The molecule has 0 radical (unpaired) electrons. The van der Waals surface area contributed by atoms with Gasteiger partial charge in [-0.2, -0.15) is 13.2 Å². The molecule has 2 unspecified atom stereocenters. The van der Waals surface area contributed by atoms with Gasteiger partial charge in [-0.05, 0) is 25.8 Å². The molecule has 30 heavy (non-hydrogen) atoms. The van der Waals surface area contributed by atoms with E-state index >= 15 is 0 Å². The van der Waals surface area contributed by atoms with Crippen LogP contribution in [0, 0.1) is 0 Å². The van der Waals surface area contributed by atoms with E-state index in [1.165, 1.54) is 6.07 Å². The highest BCUT2D eigenvalue weighted by Crippen LogP contribution is 2.29. The number of ether oxygens (including phenoxy) is 3. The Kier molecular flexibility index (Phi) is 9.88. The van der Waals surface area contributed by atoms with Crippen LogP contribution in [0.1, 0.15) is 25.3 Å². The first kappa shape index (κ1) is 24.9. The van der Waals surface area contributed by atoms with E-state index in [9.17, 15) is 13.2 Å². The fraction of sp³-hybridized carbons (Fsp3) is 0.684. The maximum absolute atomic E-state index is 12.6. The minimum Gasteiger partial charge on any atom is -0.476 e. The smallest absolute Gasteiger partial charge is 0.417 e. The van der Waals surface area contributed by atoms with Gasteiger partial charge in [-0.1, -0.05) is 0 Å². The summed E-state index contributed by atoms with van der Waals surface area (Å²) in [6, 6.07) is 2.17. The van der Waals surface area contributed by atoms with E-state index in [0.29, 0.717) is 19.7 Å². The number of hydrogen-bond donors (Lipinski definition) is 1. The van der Waals surface area contributed by atoms with E-state index in [1.54, 1.807) is 0 Å². The molecule has 2 aliphatic rings. The topological polar surface area (TPSA) is 68.2 Å². The lowest BCUT2D eigenvalue weighted by atomic mass is 10.1. The van der Waals surface area contributed by atoms with Crippen molar-refractivity contribution < 1.29 is 27.4 Å². The van der Waals surface area contributed by atoms with Crippen LogP contribution >= 0.6 is 24.0 Å². The van der Waals surface area contributed by atoms with E-state index in [-0.39, 0.29) is 48.7 Å². The van der Waals surface area contributed by atoms with Crippen LogP contribution < -0.4 is 10.1 Å². The van der Waals surface area contributed by atoms with Crippen LogP contribution in [-0.4, -0.2) is 74.1 Å². The van der Waals surface area contributed by atoms with Gasteiger partial charge in [0.15, 0.2) is 5.96 Å². The van der Waals surface area contributed by atoms with Gasteiger partial charge in [-0.3, -0.25) is 0 Å². The zero-order chi connectivity index (χ0) is 20.7. The number of pyridine rings is 1. The number of aliphatic imine (C=N–C) groups is 1. The van der Waals surface area contributed by atoms with E-state index in [0.717, 1.165) is 50.8 Å². The minimum atomic E-state index is -4.41. The zero-order valence-electron chi connectivity index (χ0n) is 16.9. The predicted molar refractivity (Wildman–Crippen MR) is 116 cm³/mol. The summed E-state index contributed by atoms with van der Waals surface area (Å²) in [4.78, 5) is 10.4. The number of hydrogen-bond acceptors (Lipinski definition) is 5. The average Bonchev–Trinajstić information content (AvgIpc) is 3.25. The maximum atomic E-state index is 12.6. The highest BCUT2D eigenvalue weighted by molar-refractivity contribution is 14.0. The Hall–Kier alpha value is -1.34. The van der Waals surface area contributed by atoms with Crippen LogP contribution in [0.15, 0.2) is 23.3 Å². The van der Waals surface area contributed by atoms with Crippen molar-refractivity contribution in [3.63, 3.8) is 0 Å². The second kappa shape index (κ2) is 11.9. The molecule has 0 bridgehead atoms. The molecule has 3 rings (SSSR count). The molecule has 2 saturated heterocycles. The van der Waals surface area contributed by atoms with Gasteiger partial charge in [0.25, 0.3) is 0 Å². The first-order chi connectivity index (χ1) is 14.0. The van der Waals surface area contributed by atoms with Crippen molar-refractivity contribution in [2.45, 2.75) is 38.1 Å². The van der Waals surface area contributed by atoms with Crippen LogP contribution in [0.3, 0.4) is 0 Å². The van der Waals surface area contributed by atoms with Crippen molar-refractivity contribution in [3.8, 4) is 5.88 Å². The van der Waals surface area contributed by atoms with Gasteiger partial charge in [0.05, 0.1) is 24.8 Å². The van der Waals surface area contributed by atoms with Crippen molar-refractivity contribution in [2.24, 2.45) is 4.99 Å². The zero-order valence-corrected chi connectivity index (χ0v) is 19.2. The second-order valence-corrected chi connectivity index (χ2v) is 6.87. The van der Waals surface area contributed by atoms with Gasteiger partial charge in [0.1, 0.15) is 12.7 Å². The molecule has 0 aliphatic carbocycles. The number of guanidine groups is 1. The van der Waals surface area contributed by atoms with E-state index < -0.39 is 11.7 Å². The predicted octanol–water partition coefficient (Wildman–Crippen LogP) is 2.94. The summed E-state index contributed by atoms with van der Waals surface area (Å²) >= 11 is 0. The molecule has 0 aromatic carbocycles. The summed E-state index contributed by atoms with van der Waals surface area (Å²) in [5.41, 5.74) is -0.801. The lowest BCUT2D eigenvalue weighted by Crippen LogP contribution is -2.53. The summed E-state index contributed by atoms with van der Waals surface area (Å²) in [6.45, 7) is 6.13. The molecule has 11 heteroatoms.